The van der Waals surface area contributed by atoms with Crippen LogP contribution >= 0.6 is 11.6 Å². The molecule has 1 fully saturated rings. The molecule has 1 aliphatic rings. The molecule has 110 valence electrons. The van der Waals surface area contributed by atoms with Crippen LogP contribution in [0.15, 0.2) is 30.3 Å². The first kappa shape index (κ1) is 14.3. The Labute approximate surface area is 130 Å². The Balaban J connectivity index is 1.95. The number of halogens is 1. The van der Waals surface area contributed by atoms with Crippen molar-refractivity contribution in [2.45, 2.75) is 13.3 Å². The van der Waals surface area contributed by atoms with Crippen LogP contribution in [0, 0.1) is 6.92 Å². The van der Waals surface area contributed by atoms with Crippen molar-refractivity contribution in [3.05, 3.63) is 41.0 Å². The predicted molar refractivity (Wildman–Crippen MR) is 86.9 cm³/mol. The number of anilines is 1. The Bertz CT molecular complexity index is 621. The van der Waals surface area contributed by atoms with E-state index in [0.717, 1.165) is 55.5 Å². The van der Waals surface area contributed by atoms with E-state index in [1.165, 1.54) is 0 Å². The Morgan fingerprint density at radius 3 is 2.90 bits per heavy atom. The van der Waals surface area contributed by atoms with Crippen LogP contribution in [0.3, 0.4) is 0 Å². The van der Waals surface area contributed by atoms with Gasteiger partial charge in [-0.15, -0.1) is 0 Å². The lowest BCUT2D eigenvalue weighted by atomic mass is 10.2. The third-order valence-corrected chi connectivity index (χ3v) is 3.82. The largest absolute Gasteiger partial charge is 0.355 e. The molecule has 2 heterocycles. The van der Waals surface area contributed by atoms with Crippen LogP contribution in [-0.2, 0) is 0 Å². The topological polar surface area (TPSA) is 41.0 Å². The molecule has 2 aromatic rings. The van der Waals surface area contributed by atoms with Gasteiger partial charge in [0.2, 0.25) is 0 Å². The Hall–Kier alpha value is -1.65. The molecule has 0 bridgehead atoms. The molecular formula is C16H19ClN4. The molecule has 1 saturated heterocycles. The molecule has 1 N–H and O–H groups in total. The summed E-state index contributed by atoms with van der Waals surface area (Å²) < 4.78 is 0. The van der Waals surface area contributed by atoms with Crippen LogP contribution in [0.5, 0.6) is 0 Å². The first-order chi connectivity index (χ1) is 10.2. The van der Waals surface area contributed by atoms with Crippen molar-refractivity contribution in [1.29, 1.82) is 0 Å². The number of aryl methyl sites for hydroxylation is 1. The van der Waals surface area contributed by atoms with Crippen molar-refractivity contribution in [3.8, 4) is 11.4 Å². The van der Waals surface area contributed by atoms with Gasteiger partial charge in [0.05, 0.1) is 0 Å². The van der Waals surface area contributed by atoms with Crippen LogP contribution in [0.1, 0.15) is 12.1 Å². The van der Waals surface area contributed by atoms with Crippen LogP contribution < -0.4 is 10.2 Å². The van der Waals surface area contributed by atoms with Gasteiger partial charge in [-0.05, 0) is 32.0 Å². The molecule has 1 aromatic carbocycles. The lowest BCUT2D eigenvalue weighted by molar-refractivity contribution is 0.724. The lowest BCUT2D eigenvalue weighted by Crippen LogP contribution is -2.28. The van der Waals surface area contributed by atoms with Gasteiger partial charge in [0.15, 0.2) is 5.82 Å². The summed E-state index contributed by atoms with van der Waals surface area (Å²) in [5, 5.41) is 4.12. The van der Waals surface area contributed by atoms with Gasteiger partial charge >= 0.3 is 0 Å². The maximum atomic E-state index is 6.07. The number of hydrogen-bond donors (Lipinski definition) is 1. The summed E-state index contributed by atoms with van der Waals surface area (Å²) >= 11 is 6.07. The number of nitrogens with one attached hydrogen (secondary N) is 1. The second-order valence-electron chi connectivity index (χ2n) is 5.29. The summed E-state index contributed by atoms with van der Waals surface area (Å²) in [7, 11) is 0. The van der Waals surface area contributed by atoms with Crippen LogP contribution in [0.25, 0.3) is 11.4 Å². The van der Waals surface area contributed by atoms with Crippen molar-refractivity contribution in [1.82, 2.24) is 15.3 Å². The molecule has 0 amide bonds. The van der Waals surface area contributed by atoms with Gasteiger partial charge in [0, 0.05) is 42.0 Å². The normalized spacial score (nSPS) is 15.8. The fraction of sp³-hybridized carbons (Fsp3) is 0.375. The van der Waals surface area contributed by atoms with Gasteiger partial charge in [0.1, 0.15) is 5.82 Å². The van der Waals surface area contributed by atoms with Gasteiger partial charge in [-0.3, -0.25) is 0 Å². The monoisotopic (exact) mass is 302 g/mol. The minimum Gasteiger partial charge on any atom is -0.355 e. The number of aromatic nitrogens is 2. The van der Waals surface area contributed by atoms with Crippen molar-refractivity contribution in [2.24, 2.45) is 0 Å². The Kier molecular flexibility index (Phi) is 4.36. The van der Waals surface area contributed by atoms with Crippen LogP contribution in [0.2, 0.25) is 5.02 Å². The smallest absolute Gasteiger partial charge is 0.161 e. The highest BCUT2D eigenvalue weighted by molar-refractivity contribution is 6.30. The van der Waals surface area contributed by atoms with Gasteiger partial charge in [-0.2, -0.15) is 0 Å². The van der Waals surface area contributed by atoms with Crippen molar-refractivity contribution in [2.75, 3.05) is 31.1 Å². The third kappa shape index (κ3) is 3.52. The number of hydrogen-bond acceptors (Lipinski definition) is 4. The van der Waals surface area contributed by atoms with E-state index in [2.05, 4.69) is 21.3 Å². The quantitative estimate of drug-likeness (QED) is 0.926. The third-order valence-electron chi connectivity index (χ3n) is 3.59. The molecule has 1 aromatic heterocycles. The summed E-state index contributed by atoms with van der Waals surface area (Å²) in [4.78, 5) is 11.6. The van der Waals surface area contributed by atoms with E-state index in [-0.39, 0.29) is 0 Å². The van der Waals surface area contributed by atoms with Crippen LogP contribution in [0.4, 0.5) is 5.82 Å². The minimum atomic E-state index is 0.707. The fourth-order valence-electron chi connectivity index (χ4n) is 2.55. The number of nitrogens with zero attached hydrogens (tertiary/aromatic N) is 3. The van der Waals surface area contributed by atoms with E-state index in [4.69, 9.17) is 16.6 Å². The van der Waals surface area contributed by atoms with E-state index in [0.29, 0.717) is 5.02 Å². The molecule has 0 saturated carbocycles. The molecule has 0 unspecified atom stereocenters. The SMILES string of the molecule is Cc1cc(N2CCCNCC2)nc(-c2cccc(Cl)c2)n1. The summed E-state index contributed by atoms with van der Waals surface area (Å²) in [6.07, 6.45) is 1.13. The molecule has 3 rings (SSSR count). The fourth-order valence-corrected chi connectivity index (χ4v) is 2.74. The molecule has 1 aliphatic heterocycles. The summed E-state index contributed by atoms with van der Waals surface area (Å²) in [6, 6.07) is 9.75. The highest BCUT2D eigenvalue weighted by Crippen LogP contribution is 2.23. The average molecular weight is 303 g/mol. The zero-order chi connectivity index (χ0) is 14.7. The first-order valence-electron chi connectivity index (χ1n) is 7.30. The van der Waals surface area contributed by atoms with Crippen molar-refractivity contribution >= 4 is 17.4 Å². The second-order valence-corrected chi connectivity index (χ2v) is 5.73. The van der Waals surface area contributed by atoms with E-state index in [9.17, 15) is 0 Å². The summed E-state index contributed by atoms with van der Waals surface area (Å²) in [5.74, 6) is 1.74. The molecule has 0 spiro atoms. The van der Waals surface area contributed by atoms with Gasteiger partial charge in [0.25, 0.3) is 0 Å². The van der Waals surface area contributed by atoms with E-state index in [1.54, 1.807) is 0 Å². The summed E-state index contributed by atoms with van der Waals surface area (Å²) in [6.45, 7) is 6.08. The standard InChI is InChI=1S/C16H19ClN4/c1-12-10-15(21-8-3-6-18-7-9-21)20-16(19-12)13-4-2-5-14(17)11-13/h2,4-5,10-11,18H,3,6-9H2,1H3. The maximum absolute atomic E-state index is 6.07. The van der Waals surface area contributed by atoms with E-state index < -0.39 is 0 Å². The highest BCUT2D eigenvalue weighted by Gasteiger charge is 2.13. The van der Waals surface area contributed by atoms with Gasteiger partial charge in [-0.1, -0.05) is 23.7 Å². The van der Waals surface area contributed by atoms with Gasteiger partial charge < -0.3 is 10.2 Å². The average Bonchev–Trinajstić information content (AvgIpc) is 2.76. The minimum absolute atomic E-state index is 0.707. The molecule has 5 heteroatoms. The molecular weight excluding hydrogens is 284 g/mol. The first-order valence-corrected chi connectivity index (χ1v) is 7.67. The van der Waals surface area contributed by atoms with Gasteiger partial charge in [-0.25, -0.2) is 9.97 Å². The molecule has 0 aliphatic carbocycles. The highest BCUT2D eigenvalue weighted by atomic mass is 35.5. The molecule has 0 radical (unpaired) electrons. The number of rotatable bonds is 2. The van der Waals surface area contributed by atoms with E-state index in [1.807, 2.05) is 31.2 Å². The predicted octanol–water partition coefficient (Wildman–Crippen LogP) is 2.91. The molecule has 4 nitrogen and oxygen atoms in total. The zero-order valence-corrected chi connectivity index (χ0v) is 12.9. The summed E-state index contributed by atoms with van der Waals surface area (Å²) in [5.41, 5.74) is 1.94. The Morgan fingerprint density at radius 1 is 1.14 bits per heavy atom. The molecule has 0 atom stereocenters. The molecule has 21 heavy (non-hydrogen) atoms. The second kappa shape index (κ2) is 6.41. The van der Waals surface area contributed by atoms with Crippen LogP contribution in [-0.4, -0.2) is 36.1 Å². The maximum Gasteiger partial charge on any atom is 0.161 e. The van der Waals surface area contributed by atoms with Crippen molar-refractivity contribution < 1.29 is 0 Å². The van der Waals surface area contributed by atoms with E-state index >= 15 is 0 Å². The number of benzene rings is 1. The lowest BCUT2D eigenvalue weighted by Gasteiger charge is -2.21. The Morgan fingerprint density at radius 2 is 2.05 bits per heavy atom. The zero-order valence-electron chi connectivity index (χ0n) is 12.1. The van der Waals surface area contributed by atoms with Crippen molar-refractivity contribution in [3.63, 3.8) is 0 Å².